The molecular weight excluding hydrogens is 503 g/mol. The molecule has 0 aliphatic heterocycles. The molecule has 0 spiro atoms. The van der Waals surface area contributed by atoms with Crippen LogP contribution in [0.1, 0.15) is 15.9 Å². The topological polar surface area (TPSA) is 53.0 Å². The third-order valence-corrected chi connectivity index (χ3v) is 6.37. The van der Waals surface area contributed by atoms with Gasteiger partial charge in [0.1, 0.15) is 0 Å². The smallest absolute Gasteiger partial charge is 0.416 e. The largest absolute Gasteiger partial charge is 0.545 e. The van der Waals surface area contributed by atoms with Crippen LogP contribution in [0.25, 0.3) is 31.9 Å². The molecule has 0 bridgehead atoms. The maximum absolute atomic E-state index is 13.1. The highest BCUT2D eigenvalue weighted by molar-refractivity contribution is 9.10. The first kappa shape index (κ1) is 20.8. The Hall–Kier alpha value is -2.42. The Balaban J connectivity index is 1.83. The quantitative estimate of drug-likeness (QED) is 0.319. The molecule has 0 aliphatic carbocycles. The number of nitrogens with zero attached hydrogens (tertiary/aromatic N) is 1. The van der Waals surface area contributed by atoms with E-state index >= 15 is 0 Å². The van der Waals surface area contributed by atoms with Gasteiger partial charge in [0.25, 0.3) is 0 Å². The molecule has 9 heteroatoms. The van der Waals surface area contributed by atoms with Gasteiger partial charge in [0, 0.05) is 30.9 Å². The molecule has 0 fully saturated rings. The van der Waals surface area contributed by atoms with Gasteiger partial charge in [-0.1, -0.05) is 27.5 Å². The van der Waals surface area contributed by atoms with Gasteiger partial charge in [0.05, 0.1) is 27.6 Å². The zero-order valence-electron chi connectivity index (χ0n) is 14.8. The summed E-state index contributed by atoms with van der Waals surface area (Å²) in [4.78, 5) is 17.2. The summed E-state index contributed by atoms with van der Waals surface area (Å²) in [5, 5.41) is 12.2. The summed E-state index contributed by atoms with van der Waals surface area (Å²) in [7, 11) is 0. The molecule has 2 aromatic heterocycles. The summed E-state index contributed by atoms with van der Waals surface area (Å²) >= 11 is 10.6. The van der Waals surface area contributed by atoms with Crippen molar-refractivity contribution in [3.8, 4) is 21.0 Å². The van der Waals surface area contributed by atoms with Gasteiger partial charge in [-0.2, -0.15) is 13.2 Å². The number of hydrogen-bond acceptors (Lipinski definition) is 4. The molecule has 0 saturated carbocycles. The van der Waals surface area contributed by atoms with Gasteiger partial charge in [0.2, 0.25) is 0 Å². The van der Waals surface area contributed by atoms with Crippen molar-refractivity contribution in [1.82, 2.24) is 4.98 Å². The van der Waals surface area contributed by atoms with E-state index < -0.39 is 17.7 Å². The molecule has 0 radical (unpaired) electrons. The highest BCUT2D eigenvalue weighted by Gasteiger charge is 2.31. The molecule has 2 heterocycles. The van der Waals surface area contributed by atoms with Crippen LogP contribution < -0.4 is 5.11 Å². The van der Waals surface area contributed by atoms with E-state index in [0.717, 1.165) is 12.1 Å². The molecule has 30 heavy (non-hydrogen) atoms. The average Bonchev–Trinajstić information content (AvgIpc) is 3.16. The van der Waals surface area contributed by atoms with Crippen LogP contribution in [0.2, 0.25) is 5.02 Å². The van der Waals surface area contributed by atoms with Crippen molar-refractivity contribution in [2.75, 3.05) is 0 Å². The Kier molecular flexibility index (Phi) is 5.34. The number of pyridine rings is 1. The zero-order valence-corrected chi connectivity index (χ0v) is 17.9. The molecule has 0 aliphatic rings. The molecule has 2 aromatic carbocycles. The number of carboxylic acids is 1. The first-order valence-corrected chi connectivity index (χ1v) is 10.4. The van der Waals surface area contributed by atoms with Gasteiger partial charge in [-0.25, -0.2) is 4.98 Å². The molecule has 0 unspecified atom stereocenters. The number of aromatic nitrogens is 1. The standard InChI is InChI=1S/C21H10BrClF3NO2S/c22-11-2-4-16-12(8-11)13(20(28)29)9-17(27-16)19-6-5-18(30-19)14-7-10(21(24,25)26)1-3-15(14)23/h1-9H,(H,28,29)/p-1. The van der Waals surface area contributed by atoms with Gasteiger partial charge in [-0.3, -0.25) is 0 Å². The van der Waals surface area contributed by atoms with Crippen molar-refractivity contribution >= 4 is 55.7 Å². The number of hydrogen-bond donors (Lipinski definition) is 0. The van der Waals surface area contributed by atoms with Crippen LogP contribution in [0.4, 0.5) is 13.2 Å². The molecule has 0 N–H and O–H groups in total. The zero-order chi connectivity index (χ0) is 21.6. The number of carboxylic acid groups (broad SMARTS) is 1. The summed E-state index contributed by atoms with van der Waals surface area (Å²) in [6.45, 7) is 0. The first-order valence-electron chi connectivity index (χ1n) is 8.42. The number of fused-ring (bicyclic) bond motifs is 1. The van der Waals surface area contributed by atoms with Crippen LogP contribution in [0.5, 0.6) is 0 Å². The molecule has 0 atom stereocenters. The number of carbonyl (C=O) groups is 1. The van der Waals surface area contributed by atoms with E-state index in [4.69, 9.17) is 11.6 Å². The lowest BCUT2D eigenvalue weighted by Gasteiger charge is -2.10. The number of aromatic carboxylic acids is 1. The predicted octanol–water partition coefficient (Wildman–Crippen LogP) is 6.43. The van der Waals surface area contributed by atoms with Gasteiger partial charge in [-0.15, -0.1) is 11.3 Å². The summed E-state index contributed by atoms with van der Waals surface area (Å²) in [6, 6.07) is 12.9. The van der Waals surface area contributed by atoms with Crippen LogP contribution in [0.15, 0.2) is 59.1 Å². The van der Waals surface area contributed by atoms with Gasteiger partial charge in [0.15, 0.2) is 0 Å². The van der Waals surface area contributed by atoms with E-state index in [1.807, 2.05) is 0 Å². The second-order valence-corrected chi connectivity index (χ2v) is 8.77. The van der Waals surface area contributed by atoms with Gasteiger partial charge in [-0.05, 0) is 54.6 Å². The van der Waals surface area contributed by atoms with Crippen molar-refractivity contribution in [1.29, 1.82) is 0 Å². The molecule has 152 valence electrons. The normalized spacial score (nSPS) is 11.8. The number of alkyl halides is 3. The monoisotopic (exact) mass is 510 g/mol. The summed E-state index contributed by atoms with van der Waals surface area (Å²) in [5.74, 6) is -1.35. The van der Waals surface area contributed by atoms with Crippen molar-refractivity contribution in [3.05, 3.63) is 75.2 Å². The van der Waals surface area contributed by atoms with E-state index in [2.05, 4.69) is 20.9 Å². The number of carbonyl (C=O) groups excluding carboxylic acids is 1. The predicted molar refractivity (Wildman–Crippen MR) is 113 cm³/mol. The lowest BCUT2D eigenvalue weighted by Crippen LogP contribution is -2.22. The van der Waals surface area contributed by atoms with Crippen LogP contribution in [0, 0.1) is 0 Å². The highest BCUT2D eigenvalue weighted by atomic mass is 79.9. The third kappa shape index (κ3) is 3.95. The Morgan fingerprint density at radius 1 is 1.03 bits per heavy atom. The fraction of sp³-hybridized carbons (Fsp3) is 0.0476. The Morgan fingerprint density at radius 3 is 2.47 bits per heavy atom. The van der Waals surface area contributed by atoms with Gasteiger partial charge < -0.3 is 9.90 Å². The molecular formula is C21H9BrClF3NO2S-. The van der Waals surface area contributed by atoms with Crippen LogP contribution in [-0.2, 0) is 6.18 Å². The third-order valence-electron chi connectivity index (χ3n) is 4.41. The van der Waals surface area contributed by atoms with Crippen LogP contribution >= 0.6 is 38.9 Å². The van der Waals surface area contributed by atoms with Crippen molar-refractivity contribution < 1.29 is 23.1 Å². The van der Waals surface area contributed by atoms with E-state index in [1.54, 1.807) is 30.3 Å². The van der Waals surface area contributed by atoms with E-state index in [0.29, 0.717) is 30.8 Å². The molecule has 3 nitrogen and oxygen atoms in total. The van der Waals surface area contributed by atoms with Crippen LogP contribution in [0.3, 0.4) is 0 Å². The fourth-order valence-electron chi connectivity index (χ4n) is 3.00. The molecule has 4 aromatic rings. The number of halogens is 5. The van der Waals surface area contributed by atoms with Gasteiger partial charge >= 0.3 is 6.18 Å². The van der Waals surface area contributed by atoms with Crippen LogP contribution in [-0.4, -0.2) is 11.0 Å². The van der Waals surface area contributed by atoms with E-state index in [1.165, 1.54) is 23.5 Å². The Labute approximate surface area is 185 Å². The fourth-order valence-corrected chi connectivity index (χ4v) is 4.64. The lowest BCUT2D eigenvalue weighted by molar-refractivity contribution is -0.254. The van der Waals surface area contributed by atoms with E-state index in [-0.39, 0.29) is 16.1 Å². The number of rotatable bonds is 3. The van der Waals surface area contributed by atoms with Crippen molar-refractivity contribution in [2.45, 2.75) is 6.18 Å². The molecule has 4 rings (SSSR count). The second-order valence-electron chi connectivity index (χ2n) is 6.36. The average molecular weight is 512 g/mol. The minimum absolute atomic E-state index is 0.0247. The first-order chi connectivity index (χ1) is 14.1. The SMILES string of the molecule is O=C([O-])c1cc(-c2ccc(-c3cc(C(F)(F)F)ccc3Cl)s2)nc2ccc(Br)cc12. The minimum atomic E-state index is -4.49. The number of benzene rings is 2. The highest BCUT2D eigenvalue weighted by Crippen LogP contribution is 2.41. The summed E-state index contributed by atoms with van der Waals surface area (Å²) in [6.07, 6.45) is -4.49. The summed E-state index contributed by atoms with van der Waals surface area (Å²) < 4.78 is 39.9. The Morgan fingerprint density at radius 2 is 1.77 bits per heavy atom. The second kappa shape index (κ2) is 7.68. The summed E-state index contributed by atoms with van der Waals surface area (Å²) in [5.41, 5.74) is 0.256. The van der Waals surface area contributed by atoms with E-state index in [9.17, 15) is 23.1 Å². The maximum atomic E-state index is 13.1. The lowest BCUT2D eigenvalue weighted by atomic mass is 10.1. The molecule has 0 saturated heterocycles. The van der Waals surface area contributed by atoms with Crippen molar-refractivity contribution in [2.24, 2.45) is 0 Å². The maximum Gasteiger partial charge on any atom is 0.416 e. The minimum Gasteiger partial charge on any atom is -0.545 e. The Bertz CT molecular complexity index is 1300. The molecule has 0 amide bonds. The number of thiophene rings is 1. The van der Waals surface area contributed by atoms with Crippen molar-refractivity contribution in [3.63, 3.8) is 0 Å².